The first kappa shape index (κ1) is 20.5. The maximum atomic E-state index is 12.9. The zero-order chi connectivity index (χ0) is 18.2. The number of quaternary nitrogens is 1. The van der Waals surface area contributed by atoms with Gasteiger partial charge in [-0.3, -0.25) is 0 Å². The molecule has 0 heterocycles. The number of halogens is 3. The Hall–Kier alpha value is -1.54. The van der Waals surface area contributed by atoms with Crippen molar-refractivity contribution in [2.75, 3.05) is 39.1 Å². The van der Waals surface area contributed by atoms with Crippen molar-refractivity contribution in [1.29, 1.82) is 0 Å². The van der Waals surface area contributed by atoms with Crippen molar-refractivity contribution in [3.8, 4) is 5.75 Å². The molecule has 0 saturated carbocycles. The quantitative estimate of drug-likeness (QED) is 0.489. The van der Waals surface area contributed by atoms with Crippen molar-refractivity contribution in [1.82, 2.24) is 5.32 Å². The number of rotatable bonds is 8. The molecule has 1 aromatic carbocycles. The van der Waals surface area contributed by atoms with E-state index in [2.05, 4.69) is 24.7 Å². The molecule has 0 saturated heterocycles. The highest BCUT2D eigenvalue weighted by molar-refractivity contribution is 7.80. The summed E-state index contributed by atoms with van der Waals surface area (Å²) in [5, 5.41) is 6.09. The number of hydrogen-bond acceptors (Lipinski definition) is 2. The maximum absolute atomic E-state index is 12.9. The molecule has 0 aliphatic heterocycles. The van der Waals surface area contributed by atoms with Crippen molar-refractivity contribution in [2.24, 2.45) is 0 Å². The third-order valence-electron chi connectivity index (χ3n) is 3.16. The van der Waals surface area contributed by atoms with Gasteiger partial charge < -0.3 is 20.3 Å². The molecule has 8 heteroatoms. The highest BCUT2D eigenvalue weighted by Crippen LogP contribution is 2.35. The van der Waals surface area contributed by atoms with E-state index in [1.54, 1.807) is 0 Å². The van der Waals surface area contributed by atoms with E-state index in [-0.39, 0.29) is 10.8 Å². The van der Waals surface area contributed by atoms with Crippen LogP contribution in [-0.4, -0.2) is 38.9 Å². The number of benzene rings is 1. The first-order valence-corrected chi connectivity index (χ1v) is 8.32. The molecule has 0 aromatic heterocycles. The predicted octanol–water partition coefficient (Wildman–Crippen LogP) is 2.32. The number of nitrogens with one attached hydrogen (secondary N) is 3. The van der Waals surface area contributed by atoms with Crippen LogP contribution >= 0.6 is 12.2 Å². The van der Waals surface area contributed by atoms with Crippen LogP contribution in [0.5, 0.6) is 5.75 Å². The van der Waals surface area contributed by atoms with Gasteiger partial charge in [0.2, 0.25) is 0 Å². The molecular weight excluding hydrogens is 339 g/mol. The van der Waals surface area contributed by atoms with E-state index in [4.69, 9.17) is 17.0 Å². The minimum Gasteiger partial charge on any atom is -0.491 e. The smallest absolute Gasteiger partial charge is 0.416 e. The van der Waals surface area contributed by atoms with Gasteiger partial charge in [0, 0.05) is 13.0 Å². The summed E-state index contributed by atoms with van der Waals surface area (Å²) in [6, 6.07) is 3.34. The Kier molecular flexibility index (Phi) is 8.27. The average Bonchev–Trinajstić information content (AvgIpc) is 2.49. The van der Waals surface area contributed by atoms with E-state index in [1.807, 2.05) is 6.92 Å². The molecule has 1 aromatic rings. The minimum atomic E-state index is -4.41. The van der Waals surface area contributed by atoms with Gasteiger partial charge in [0.05, 0.1) is 38.5 Å². The summed E-state index contributed by atoms with van der Waals surface area (Å²) in [5.74, 6) is 0.353. The zero-order valence-corrected chi connectivity index (χ0v) is 15.0. The summed E-state index contributed by atoms with van der Waals surface area (Å²) in [5.41, 5.74) is -0.526. The molecule has 0 atom stereocenters. The molecule has 0 fully saturated rings. The highest BCUT2D eigenvalue weighted by atomic mass is 32.1. The van der Waals surface area contributed by atoms with E-state index in [1.165, 1.54) is 11.0 Å². The molecule has 1 rings (SSSR count). The second-order valence-corrected chi connectivity index (χ2v) is 6.16. The van der Waals surface area contributed by atoms with E-state index in [0.717, 1.165) is 31.5 Å². The molecule has 0 aliphatic carbocycles. The molecule has 0 radical (unpaired) electrons. The molecule has 0 spiro atoms. The van der Waals surface area contributed by atoms with Crippen LogP contribution in [0.3, 0.4) is 0 Å². The fourth-order valence-corrected chi connectivity index (χ4v) is 2.16. The van der Waals surface area contributed by atoms with Crippen LogP contribution in [0.2, 0.25) is 0 Å². The second kappa shape index (κ2) is 9.68. The number of alkyl halides is 3. The van der Waals surface area contributed by atoms with E-state index in [9.17, 15) is 13.2 Å². The number of anilines is 1. The molecule has 136 valence electrons. The highest BCUT2D eigenvalue weighted by Gasteiger charge is 2.31. The first-order valence-electron chi connectivity index (χ1n) is 7.92. The standard InChI is InChI=1S/C16H24F3N3OS/c1-4-10-23-14-7-6-12(16(17,18)19)11-13(14)21-15(24)20-8-5-9-22(2)3/h6-7,11H,4-5,8-10H2,1-3H3,(H2,20,21,24)/p+1. The zero-order valence-electron chi connectivity index (χ0n) is 14.2. The lowest BCUT2D eigenvalue weighted by Gasteiger charge is -2.17. The van der Waals surface area contributed by atoms with Crippen LogP contribution in [0, 0.1) is 0 Å². The number of ether oxygens (including phenoxy) is 1. The lowest BCUT2D eigenvalue weighted by atomic mass is 10.2. The summed E-state index contributed by atoms with van der Waals surface area (Å²) in [6.45, 7) is 3.98. The Morgan fingerprint density at radius 1 is 1.29 bits per heavy atom. The fraction of sp³-hybridized carbons (Fsp3) is 0.562. The van der Waals surface area contributed by atoms with E-state index in [0.29, 0.717) is 18.9 Å². The Labute approximate surface area is 146 Å². The van der Waals surface area contributed by atoms with Gasteiger partial charge in [-0.1, -0.05) is 6.92 Å². The molecule has 0 amide bonds. The molecular formula is C16H25F3N3OS+. The topological polar surface area (TPSA) is 37.7 Å². The Morgan fingerprint density at radius 3 is 2.58 bits per heavy atom. The van der Waals surface area contributed by atoms with Crippen LogP contribution in [0.15, 0.2) is 18.2 Å². The van der Waals surface area contributed by atoms with Crippen LogP contribution in [0.4, 0.5) is 18.9 Å². The molecule has 3 N–H and O–H groups in total. The van der Waals surface area contributed by atoms with Gasteiger partial charge in [0.1, 0.15) is 5.75 Å². The van der Waals surface area contributed by atoms with Gasteiger partial charge >= 0.3 is 6.18 Å². The van der Waals surface area contributed by atoms with E-state index < -0.39 is 11.7 Å². The van der Waals surface area contributed by atoms with Crippen molar-refractivity contribution in [2.45, 2.75) is 25.9 Å². The van der Waals surface area contributed by atoms with Crippen LogP contribution in [0.1, 0.15) is 25.3 Å². The maximum Gasteiger partial charge on any atom is 0.416 e. The third-order valence-corrected chi connectivity index (χ3v) is 3.40. The Bertz CT molecular complexity index is 536. The Balaban J connectivity index is 2.76. The summed E-state index contributed by atoms with van der Waals surface area (Å²) in [7, 11) is 4.10. The van der Waals surface area contributed by atoms with Crippen molar-refractivity contribution < 1.29 is 22.8 Å². The first-order chi connectivity index (χ1) is 11.2. The third kappa shape index (κ3) is 7.35. The molecule has 0 aliphatic rings. The second-order valence-electron chi connectivity index (χ2n) is 5.75. The van der Waals surface area contributed by atoms with E-state index >= 15 is 0 Å². The van der Waals surface area contributed by atoms with Crippen molar-refractivity contribution >= 4 is 23.0 Å². The summed E-state index contributed by atoms with van der Waals surface area (Å²) in [6.07, 6.45) is -2.74. The molecule has 0 bridgehead atoms. The van der Waals surface area contributed by atoms with Gasteiger partial charge in [-0.05, 0) is 36.8 Å². The predicted molar refractivity (Wildman–Crippen MR) is 93.7 cm³/mol. The van der Waals surface area contributed by atoms with Crippen molar-refractivity contribution in [3.63, 3.8) is 0 Å². The van der Waals surface area contributed by atoms with Gasteiger partial charge in [0.25, 0.3) is 0 Å². The van der Waals surface area contributed by atoms with Crippen LogP contribution < -0.4 is 20.3 Å². The minimum absolute atomic E-state index is 0.217. The largest absolute Gasteiger partial charge is 0.491 e. The van der Waals surface area contributed by atoms with Crippen LogP contribution in [-0.2, 0) is 6.18 Å². The summed E-state index contributed by atoms with van der Waals surface area (Å²) in [4.78, 5) is 1.32. The lowest BCUT2D eigenvalue weighted by Crippen LogP contribution is -3.05. The number of hydrogen-bond donors (Lipinski definition) is 3. The van der Waals surface area contributed by atoms with Crippen LogP contribution in [0.25, 0.3) is 0 Å². The molecule has 24 heavy (non-hydrogen) atoms. The number of thiocarbonyl (C=S) groups is 1. The average molecular weight is 364 g/mol. The molecule has 0 unspecified atom stereocenters. The summed E-state index contributed by atoms with van der Waals surface area (Å²) >= 11 is 5.16. The van der Waals surface area contributed by atoms with Gasteiger partial charge in [-0.25, -0.2) is 0 Å². The normalized spacial score (nSPS) is 11.5. The SMILES string of the molecule is CCCOc1ccc(C(F)(F)F)cc1NC(=S)NCCC[NH+](C)C. The monoisotopic (exact) mass is 364 g/mol. The lowest BCUT2D eigenvalue weighted by molar-refractivity contribution is -0.858. The van der Waals surface area contributed by atoms with Gasteiger partial charge in [-0.15, -0.1) is 0 Å². The van der Waals surface area contributed by atoms with Gasteiger partial charge in [-0.2, -0.15) is 13.2 Å². The van der Waals surface area contributed by atoms with Gasteiger partial charge in [0.15, 0.2) is 5.11 Å². The summed E-state index contributed by atoms with van der Waals surface area (Å²) < 4.78 is 44.2. The van der Waals surface area contributed by atoms with Crippen molar-refractivity contribution in [3.05, 3.63) is 23.8 Å². The Morgan fingerprint density at radius 2 is 2.00 bits per heavy atom. The fourth-order valence-electron chi connectivity index (χ4n) is 1.95. The molecule has 4 nitrogen and oxygen atoms in total.